The minimum atomic E-state index is -0.114. The Bertz CT molecular complexity index is 984. The molecule has 3 aromatic rings. The number of nitrogens with zero attached hydrogens (tertiary/aromatic N) is 2. The summed E-state index contributed by atoms with van der Waals surface area (Å²) in [4.78, 5) is 31.7. The molecule has 4 nitrogen and oxygen atoms in total. The summed E-state index contributed by atoms with van der Waals surface area (Å²) in [5, 5.41) is 2.21. The summed E-state index contributed by atoms with van der Waals surface area (Å²) in [5.74, 6) is 0.160. The minimum Gasteiger partial charge on any atom is -0.342 e. The van der Waals surface area contributed by atoms with Gasteiger partial charge in [0.1, 0.15) is 0 Å². The van der Waals surface area contributed by atoms with E-state index in [0.717, 1.165) is 41.3 Å². The fourth-order valence-corrected chi connectivity index (χ4v) is 3.95. The third-order valence-corrected chi connectivity index (χ3v) is 5.53. The van der Waals surface area contributed by atoms with Gasteiger partial charge in [0.25, 0.3) is 0 Å². The Kier molecular flexibility index (Phi) is 5.47. The summed E-state index contributed by atoms with van der Waals surface area (Å²) in [5.41, 5.74) is 1.81. The number of hydrogen-bond acceptors (Lipinski definition) is 3. The summed E-state index contributed by atoms with van der Waals surface area (Å²) in [6.07, 6.45) is 6.41. The summed E-state index contributed by atoms with van der Waals surface area (Å²) < 4.78 is 0. The van der Waals surface area contributed by atoms with Crippen molar-refractivity contribution in [2.24, 2.45) is 5.92 Å². The molecule has 142 valence electrons. The average Bonchev–Trinajstić information content (AvgIpc) is 2.77. The van der Waals surface area contributed by atoms with E-state index in [9.17, 15) is 9.59 Å². The lowest BCUT2D eigenvalue weighted by molar-refractivity contribution is -0.132. The van der Waals surface area contributed by atoms with Crippen LogP contribution in [-0.4, -0.2) is 34.7 Å². The third-order valence-electron chi connectivity index (χ3n) is 5.53. The summed E-state index contributed by atoms with van der Waals surface area (Å²) in [6.45, 7) is 1.27. The molecule has 0 saturated carbocycles. The average molecular weight is 372 g/mol. The van der Waals surface area contributed by atoms with Gasteiger partial charge >= 0.3 is 0 Å². The lowest BCUT2D eigenvalue weighted by Crippen LogP contribution is -2.42. The first kappa shape index (κ1) is 18.4. The van der Waals surface area contributed by atoms with E-state index >= 15 is 0 Å². The van der Waals surface area contributed by atoms with Crippen molar-refractivity contribution >= 4 is 22.5 Å². The highest BCUT2D eigenvalue weighted by Crippen LogP contribution is 2.24. The Labute approximate surface area is 165 Å². The maximum atomic E-state index is 13.0. The van der Waals surface area contributed by atoms with Gasteiger partial charge in [-0.25, -0.2) is 0 Å². The van der Waals surface area contributed by atoms with Crippen molar-refractivity contribution in [1.82, 2.24) is 9.88 Å². The zero-order valence-corrected chi connectivity index (χ0v) is 15.9. The molecule has 1 saturated heterocycles. The number of benzene rings is 2. The van der Waals surface area contributed by atoms with Crippen LogP contribution in [0.25, 0.3) is 10.8 Å². The second-order valence-corrected chi connectivity index (χ2v) is 7.47. The quantitative estimate of drug-likeness (QED) is 0.628. The van der Waals surface area contributed by atoms with Crippen molar-refractivity contribution in [2.45, 2.75) is 25.7 Å². The lowest BCUT2D eigenvalue weighted by atomic mass is 9.89. The predicted molar refractivity (Wildman–Crippen MR) is 110 cm³/mol. The van der Waals surface area contributed by atoms with Crippen LogP contribution in [0.4, 0.5) is 0 Å². The van der Waals surface area contributed by atoms with Crippen LogP contribution in [0.5, 0.6) is 0 Å². The number of likely N-dealkylation sites (tertiary alicyclic amines) is 1. The number of pyridine rings is 1. The maximum Gasteiger partial charge on any atom is 0.222 e. The Morgan fingerprint density at radius 3 is 2.71 bits per heavy atom. The first-order valence-corrected chi connectivity index (χ1v) is 9.90. The number of aromatic nitrogens is 1. The zero-order chi connectivity index (χ0) is 19.3. The van der Waals surface area contributed by atoms with Crippen LogP contribution in [0.15, 0.2) is 67.0 Å². The van der Waals surface area contributed by atoms with Crippen LogP contribution >= 0.6 is 0 Å². The number of rotatable bonds is 5. The zero-order valence-electron chi connectivity index (χ0n) is 15.9. The number of hydrogen-bond donors (Lipinski definition) is 0. The molecule has 1 aliphatic rings. The molecule has 4 rings (SSSR count). The molecule has 0 radical (unpaired) electrons. The fraction of sp³-hybridized carbons (Fsp3) is 0.292. The molecule has 0 bridgehead atoms. The number of ketones is 1. The highest BCUT2D eigenvalue weighted by Gasteiger charge is 2.28. The Morgan fingerprint density at radius 2 is 1.89 bits per heavy atom. The van der Waals surface area contributed by atoms with Gasteiger partial charge in [-0.15, -0.1) is 0 Å². The molecule has 0 aliphatic carbocycles. The Morgan fingerprint density at radius 1 is 1.04 bits per heavy atom. The Hall–Kier alpha value is -3.01. The second-order valence-electron chi connectivity index (χ2n) is 7.47. The van der Waals surface area contributed by atoms with Crippen molar-refractivity contribution in [1.29, 1.82) is 0 Å². The van der Waals surface area contributed by atoms with E-state index in [-0.39, 0.29) is 17.6 Å². The standard InChI is InChI=1S/C24H24N2O2/c27-23(12-9-18-5-3-13-25-16-18)26-14-4-8-22(17-26)24(28)21-11-10-19-6-1-2-7-20(19)15-21/h1-3,5-7,10-11,13,15-16,22H,4,8-9,12,14,17H2. The molecular weight excluding hydrogens is 348 g/mol. The van der Waals surface area contributed by atoms with Gasteiger partial charge in [-0.05, 0) is 47.7 Å². The van der Waals surface area contributed by atoms with Gasteiger partial charge in [0.15, 0.2) is 5.78 Å². The Balaban J connectivity index is 1.40. The second kappa shape index (κ2) is 8.34. The number of piperidine rings is 1. The monoisotopic (exact) mass is 372 g/mol. The fourth-order valence-electron chi connectivity index (χ4n) is 3.95. The van der Waals surface area contributed by atoms with Crippen LogP contribution in [-0.2, 0) is 11.2 Å². The third kappa shape index (κ3) is 4.11. The number of amides is 1. The van der Waals surface area contributed by atoms with Gasteiger partial charge < -0.3 is 4.90 Å². The molecule has 1 amide bonds. The van der Waals surface area contributed by atoms with Crippen molar-refractivity contribution in [3.05, 3.63) is 78.1 Å². The van der Waals surface area contributed by atoms with Crippen LogP contribution < -0.4 is 0 Å². The van der Waals surface area contributed by atoms with Crippen molar-refractivity contribution in [3.63, 3.8) is 0 Å². The number of aryl methyl sites for hydroxylation is 1. The molecular formula is C24H24N2O2. The van der Waals surface area contributed by atoms with Gasteiger partial charge in [-0.1, -0.05) is 42.5 Å². The van der Waals surface area contributed by atoms with Gasteiger partial charge in [0, 0.05) is 43.4 Å². The van der Waals surface area contributed by atoms with E-state index in [0.29, 0.717) is 19.4 Å². The summed E-state index contributed by atoms with van der Waals surface area (Å²) in [7, 11) is 0. The number of carbonyl (C=O) groups excluding carboxylic acids is 2. The van der Waals surface area contributed by atoms with Gasteiger partial charge in [0.05, 0.1) is 0 Å². The summed E-state index contributed by atoms with van der Waals surface area (Å²) >= 11 is 0. The van der Waals surface area contributed by atoms with Crippen molar-refractivity contribution in [3.8, 4) is 0 Å². The van der Waals surface area contributed by atoms with Gasteiger partial charge in [-0.3, -0.25) is 14.6 Å². The van der Waals surface area contributed by atoms with E-state index in [1.54, 1.807) is 12.4 Å². The molecule has 1 unspecified atom stereocenters. The van der Waals surface area contributed by atoms with Crippen LogP contribution in [0.2, 0.25) is 0 Å². The lowest BCUT2D eigenvalue weighted by Gasteiger charge is -2.32. The van der Waals surface area contributed by atoms with Gasteiger partial charge in [0.2, 0.25) is 5.91 Å². The molecule has 0 spiro atoms. The van der Waals surface area contributed by atoms with Crippen molar-refractivity contribution < 1.29 is 9.59 Å². The number of fused-ring (bicyclic) bond motifs is 1. The molecule has 1 aromatic heterocycles. The summed E-state index contributed by atoms with van der Waals surface area (Å²) in [6, 6.07) is 17.8. The van der Waals surface area contributed by atoms with E-state index in [2.05, 4.69) is 4.98 Å². The van der Waals surface area contributed by atoms with E-state index in [1.165, 1.54) is 0 Å². The minimum absolute atomic E-state index is 0.114. The van der Waals surface area contributed by atoms with E-state index in [1.807, 2.05) is 59.5 Å². The van der Waals surface area contributed by atoms with E-state index < -0.39 is 0 Å². The first-order chi connectivity index (χ1) is 13.7. The number of Topliss-reactive ketones (excluding diaryl/α,β-unsaturated/α-hetero) is 1. The molecule has 28 heavy (non-hydrogen) atoms. The highest BCUT2D eigenvalue weighted by atomic mass is 16.2. The molecule has 1 fully saturated rings. The number of carbonyl (C=O) groups is 2. The first-order valence-electron chi connectivity index (χ1n) is 9.90. The van der Waals surface area contributed by atoms with Gasteiger partial charge in [-0.2, -0.15) is 0 Å². The molecule has 2 aromatic carbocycles. The topological polar surface area (TPSA) is 50.3 Å². The van der Waals surface area contributed by atoms with Crippen LogP contribution in [0.3, 0.4) is 0 Å². The van der Waals surface area contributed by atoms with Crippen LogP contribution in [0.1, 0.15) is 35.2 Å². The normalized spacial score (nSPS) is 16.9. The van der Waals surface area contributed by atoms with Crippen LogP contribution in [0, 0.1) is 5.92 Å². The molecule has 1 aliphatic heterocycles. The molecule has 2 heterocycles. The SMILES string of the molecule is O=C(c1ccc2ccccc2c1)C1CCCN(C(=O)CCc2cccnc2)C1. The predicted octanol–water partition coefficient (Wildman–Crippen LogP) is 4.29. The van der Waals surface area contributed by atoms with Crippen molar-refractivity contribution in [2.75, 3.05) is 13.1 Å². The maximum absolute atomic E-state index is 13.0. The highest BCUT2D eigenvalue weighted by molar-refractivity contribution is 6.01. The molecule has 0 N–H and O–H groups in total. The largest absolute Gasteiger partial charge is 0.342 e. The molecule has 1 atom stereocenters. The smallest absolute Gasteiger partial charge is 0.222 e. The molecule has 4 heteroatoms. The van der Waals surface area contributed by atoms with E-state index in [4.69, 9.17) is 0 Å².